The van der Waals surface area contributed by atoms with E-state index in [1.54, 1.807) is 0 Å². The standard InChI is InChI=1S/C27H54O3/c1-7-13-19-26(20-14-8-2,21-15-9-3)29-25(28)30-27(22-16-10-4,23-17-11-5)24-18-12-6/h7-24H2,1-6H3. The fourth-order valence-corrected chi connectivity index (χ4v) is 4.42. The van der Waals surface area contributed by atoms with Crippen molar-refractivity contribution in [1.82, 2.24) is 0 Å². The Morgan fingerprint density at radius 3 is 0.833 bits per heavy atom. The number of ether oxygens (including phenoxy) is 2. The van der Waals surface area contributed by atoms with Gasteiger partial charge in [0.25, 0.3) is 0 Å². The van der Waals surface area contributed by atoms with Gasteiger partial charge in [0.15, 0.2) is 0 Å². The lowest BCUT2D eigenvalue weighted by Crippen LogP contribution is -2.41. The second-order valence-corrected chi connectivity index (χ2v) is 9.44. The van der Waals surface area contributed by atoms with Gasteiger partial charge in [0, 0.05) is 0 Å². The van der Waals surface area contributed by atoms with E-state index in [0.717, 1.165) is 116 Å². The van der Waals surface area contributed by atoms with Gasteiger partial charge in [-0.3, -0.25) is 0 Å². The highest BCUT2D eigenvalue weighted by atomic mass is 16.7. The molecule has 0 radical (unpaired) electrons. The first-order chi connectivity index (χ1) is 14.5. The zero-order valence-corrected chi connectivity index (χ0v) is 21.5. The third-order valence-corrected chi connectivity index (χ3v) is 6.52. The summed E-state index contributed by atoms with van der Waals surface area (Å²) in [7, 11) is 0. The largest absolute Gasteiger partial charge is 0.509 e. The molecule has 0 atom stereocenters. The summed E-state index contributed by atoms with van der Waals surface area (Å²) in [6, 6.07) is 0. The van der Waals surface area contributed by atoms with Crippen LogP contribution in [0.4, 0.5) is 4.79 Å². The second-order valence-electron chi connectivity index (χ2n) is 9.44. The first kappa shape index (κ1) is 29.3. The van der Waals surface area contributed by atoms with Crippen molar-refractivity contribution in [1.29, 1.82) is 0 Å². The molecule has 0 unspecified atom stereocenters. The van der Waals surface area contributed by atoms with E-state index in [1.807, 2.05) is 0 Å². The van der Waals surface area contributed by atoms with Crippen LogP contribution in [0.3, 0.4) is 0 Å². The van der Waals surface area contributed by atoms with Crippen molar-refractivity contribution < 1.29 is 14.3 Å². The van der Waals surface area contributed by atoms with Gasteiger partial charge in [0.05, 0.1) is 0 Å². The van der Waals surface area contributed by atoms with Gasteiger partial charge in [0.1, 0.15) is 11.2 Å². The zero-order valence-electron chi connectivity index (χ0n) is 21.5. The van der Waals surface area contributed by atoms with Gasteiger partial charge in [-0.05, 0) is 77.0 Å². The molecule has 0 rings (SSSR count). The van der Waals surface area contributed by atoms with Crippen LogP contribution in [0.5, 0.6) is 0 Å². The lowest BCUT2D eigenvalue weighted by molar-refractivity contribution is -0.100. The highest BCUT2D eigenvalue weighted by Crippen LogP contribution is 2.36. The fourth-order valence-electron chi connectivity index (χ4n) is 4.42. The molecule has 0 aliphatic carbocycles. The van der Waals surface area contributed by atoms with E-state index in [0.29, 0.717) is 0 Å². The van der Waals surface area contributed by atoms with Gasteiger partial charge in [-0.25, -0.2) is 4.79 Å². The van der Waals surface area contributed by atoms with Gasteiger partial charge in [0.2, 0.25) is 0 Å². The predicted molar refractivity (Wildman–Crippen MR) is 130 cm³/mol. The molecule has 180 valence electrons. The molecule has 3 heteroatoms. The predicted octanol–water partition coefficient (Wildman–Crippen LogP) is 9.76. The van der Waals surface area contributed by atoms with Crippen molar-refractivity contribution in [3.63, 3.8) is 0 Å². The van der Waals surface area contributed by atoms with E-state index in [-0.39, 0.29) is 11.2 Å². The molecule has 0 saturated carbocycles. The zero-order chi connectivity index (χ0) is 22.7. The van der Waals surface area contributed by atoms with Crippen molar-refractivity contribution in [2.75, 3.05) is 0 Å². The average Bonchev–Trinajstić information content (AvgIpc) is 2.75. The minimum absolute atomic E-state index is 0.342. The topological polar surface area (TPSA) is 35.5 Å². The SMILES string of the molecule is CCCCC(CCCC)(CCCC)OC(=O)OC(CCCC)(CCCC)CCCC. The molecule has 0 N–H and O–H groups in total. The minimum Gasteiger partial charge on any atom is -0.428 e. The van der Waals surface area contributed by atoms with Gasteiger partial charge in [-0.1, -0.05) is 80.1 Å². The van der Waals surface area contributed by atoms with Crippen molar-refractivity contribution >= 4 is 6.16 Å². The maximum atomic E-state index is 13.2. The molecule has 0 aromatic carbocycles. The number of hydrogen-bond acceptors (Lipinski definition) is 3. The lowest BCUT2D eigenvalue weighted by Gasteiger charge is -2.38. The molecule has 0 aromatic heterocycles. The van der Waals surface area contributed by atoms with Crippen LogP contribution < -0.4 is 0 Å². The summed E-state index contributed by atoms with van der Waals surface area (Å²) in [5, 5.41) is 0. The summed E-state index contributed by atoms with van der Waals surface area (Å²) in [6.45, 7) is 13.3. The first-order valence-electron chi connectivity index (χ1n) is 13.4. The second kappa shape index (κ2) is 17.9. The Hall–Kier alpha value is -0.730. The van der Waals surface area contributed by atoms with Crippen molar-refractivity contribution in [2.24, 2.45) is 0 Å². The van der Waals surface area contributed by atoms with Crippen molar-refractivity contribution in [3.8, 4) is 0 Å². The van der Waals surface area contributed by atoms with E-state index in [2.05, 4.69) is 41.5 Å². The number of hydrogen-bond donors (Lipinski definition) is 0. The van der Waals surface area contributed by atoms with Crippen LogP contribution in [-0.4, -0.2) is 17.4 Å². The number of unbranched alkanes of at least 4 members (excludes halogenated alkanes) is 6. The van der Waals surface area contributed by atoms with Crippen LogP contribution in [-0.2, 0) is 9.47 Å². The van der Waals surface area contributed by atoms with Crippen LogP contribution in [0.1, 0.15) is 157 Å². The van der Waals surface area contributed by atoms with Crippen molar-refractivity contribution in [3.05, 3.63) is 0 Å². The highest BCUT2D eigenvalue weighted by molar-refractivity contribution is 5.61. The quantitative estimate of drug-likeness (QED) is 0.182. The monoisotopic (exact) mass is 426 g/mol. The highest BCUT2D eigenvalue weighted by Gasteiger charge is 2.38. The Balaban J connectivity index is 5.50. The first-order valence-corrected chi connectivity index (χ1v) is 13.4. The van der Waals surface area contributed by atoms with Gasteiger partial charge in [-0.15, -0.1) is 0 Å². The number of carbonyl (C=O) groups is 1. The molecule has 0 amide bonds. The van der Waals surface area contributed by atoms with E-state index in [4.69, 9.17) is 9.47 Å². The van der Waals surface area contributed by atoms with E-state index < -0.39 is 6.16 Å². The normalized spacial score (nSPS) is 12.2. The van der Waals surface area contributed by atoms with Crippen LogP contribution in [0.15, 0.2) is 0 Å². The van der Waals surface area contributed by atoms with E-state index in [9.17, 15) is 4.79 Å². The molecule has 0 bridgehead atoms. The average molecular weight is 427 g/mol. The van der Waals surface area contributed by atoms with E-state index in [1.165, 1.54) is 0 Å². The molecule has 3 nitrogen and oxygen atoms in total. The van der Waals surface area contributed by atoms with Crippen LogP contribution in [0.25, 0.3) is 0 Å². The van der Waals surface area contributed by atoms with Crippen LogP contribution in [0.2, 0.25) is 0 Å². The summed E-state index contributed by atoms with van der Waals surface area (Å²) in [4.78, 5) is 13.2. The third-order valence-electron chi connectivity index (χ3n) is 6.52. The molecule has 0 aromatic rings. The Labute approximate surface area is 189 Å². The molecule has 0 spiro atoms. The Bertz CT molecular complexity index is 325. The van der Waals surface area contributed by atoms with Crippen LogP contribution in [0, 0.1) is 0 Å². The Kier molecular flexibility index (Phi) is 17.5. The summed E-state index contributed by atoms with van der Waals surface area (Å²) in [5.74, 6) is 0. The fraction of sp³-hybridized carbons (Fsp3) is 0.963. The minimum atomic E-state index is -0.401. The molecule has 0 heterocycles. The maximum Gasteiger partial charge on any atom is 0.509 e. The molecule has 0 aliphatic heterocycles. The molecular weight excluding hydrogens is 372 g/mol. The number of carbonyl (C=O) groups excluding carboxylic acids is 1. The maximum absolute atomic E-state index is 13.2. The molecule has 0 aliphatic rings. The van der Waals surface area contributed by atoms with Crippen LogP contribution >= 0.6 is 0 Å². The Morgan fingerprint density at radius 2 is 0.667 bits per heavy atom. The third kappa shape index (κ3) is 12.2. The van der Waals surface area contributed by atoms with Gasteiger partial charge in [-0.2, -0.15) is 0 Å². The Morgan fingerprint density at radius 1 is 0.467 bits per heavy atom. The molecule has 30 heavy (non-hydrogen) atoms. The summed E-state index contributed by atoms with van der Waals surface area (Å²) in [5.41, 5.74) is -0.684. The summed E-state index contributed by atoms with van der Waals surface area (Å²) < 4.78 is 12.6. The smallest absolute Gasteiger partial charge is 0.428 e. The van der Waals surface area contributed by atoms with Gasteiger partial charge >= 0.3 is 6.16 Å². The summed E-state index contributed by atoms with van der Waals surface area (Å²) in [6.07, 6.45) is 18.8. The number of rotatable bonds is 20. The van der Waals surface area contributed by atoms with E-state index >= 15 is 0 Å². The molecule has 0 fully saturated rings. The molecular formula is C27H54O3. The summed E-state index contributed by atoms with van der Waals surface area (Å²) >= 11 is 0. The van der Waals surface area contributed by atoms with Gasteiger partial charge < -0.3 is 9.47 Å². The molecule has 0 saturated heterocycles. The lowest BCUT2D eigenvalue weighted by atomic mass is 9.85. The van der Waals surface area contributed by atoms with Crippen molar-refractivity contribution in [2.45, 2.75) is 168 Å².